The second-order valence-corrected chi connectivity index (χ2v) is 7.53. The summed E-state index contributed by atoms with van der Waals surface area (Å²) in [5.41, 5.74) is 0.425. The Morgan fingerprint density at radius 1 is 1.37 bits per heavy atom. The molecular formula is C18H22N4O5. The number of fused-ring (bicyclic) bond motifs is 1. The number of amides is 1. The first kappa shape index (κ1) is 18.8. The van der Waals surface area contributed by atoms with Crippen LogP contribution in [-0.4, -0.2) is 51.2 Å². The van der Waals surface area contributed by atoms with E-state index in [0.29, 0.717) is 36.6 Å². The van der Waals surface area contributed by atoms with E-state index in [1.165, 1.54) is 18.3 Å². The molecule has 1 amide bonds. The fourth-order valence-corrected chi connectivity index (χ4v) is 2.83. The molecule has 0 spiro atoms. The predicted octanol–water partition coefficient (Wildman–Crippen LogP) is 3.17. The molecule has 1 aliphatic rings. The molecule has 3 rings (SSSR count). The van der Waals surface area contributed by atoms with E-state index in [1.807, 2.05) is 20.8 Å². The van der Waals surface area contributed by atoms with Gasteiger partial charge in [0, 0.05) is 31.1 Å². The highest BCUT2D eigenvalue weighted by Gasteiger charge is 2.30. The first-order valence-electron chi connectivity index (χ1n) is 8.73. The van der Waals surface area contributed by atoms with Gasteiger partial charge in [0.25, 0.3) is 5.69 Å². The minimum Gasteiger partial charge on any atom is -0.476 e. The minimum atomic E-state index is -0.512. The lowest BCUT2D eigenvalue weighted by Gasteiger charge is -2.24. The lowest BCUT2D eigenvalue weighted by atomic mass is 10.1. The summed E-state index contributed by atoms with van der Waals surface area (Å²) in [6.07, 6.45) is 1.97. The van der Waals surface area contributed by atoms with Crippen LogP contribution < -0.4 is 4.74 Å². The van der Waals surface area contributed by atoms with Crippen LogP contribution in [0.5, 0.6) is 5.88 Å². The summed E-state index contributed by atoms with van der Waals surface area (Å²) in [5.74, 6) is 0.541. The van der Waals surface area contributed by atoms with Gasteiger partial charge in [-0.2, -0.15) is 0 Å². The van der Waals surface area contributed by atoms with Gasteiger partial charge in [-0.1, -0.05) is 0 Å². The average Bonchev–Trinajstić information content (AvgIpc) is 3.07. The molecule has 0 unspecified atom stereocenters. The second-order valence-electron chi connectivity index (χ2n) is 7.53. The van der Waals surface area contributed by atoms with Crippen molar-refractivity contribution in [1.29, 1.82) is 0 Å². The van der Waals surface area contributed by atoms with Crippen molar-refractivity contribution in [3.8, 4) is 5.88 Å². The third kappa shape index (κ3) is 4.81. The molecule has 0 N–H and O–H groups in total. The van der Waals surface area contributed by atoms with Gasteiger partial charge in [0.15, 0.2) is 0 Å². The number of hydrogen-bond donors (Lipinski definition) is 0. The van der Waals surface area contributed by atoms with Crippen LogP contribution in [0.2, 0.25) is 0 Å². The molecule has 2 aromatic rings. The number of hydrogen-bond acceptors (Lipinski definition) is 7. The molecule has 1 aromatic heterocycles. The molecule has 1 saturated heterocycles. The number of likely N-dealkylation sites (tertiary alicyclic amines) is 1. The van der Waals surface area contributed by atoms with Gasteiger partial charge in [0.05, 0.1) is 28.8 Å². The number of benzene rings is 1. The summed E-state index contributed by atoms with van der Waals surface area (Å²) in [7, 11) is 0. The van der Waals surface area contributed by atoms with Crippen LogP contribution >= 0.6 is 0 Å². The highest BCUT2D eigenvalue weighted by molar-refractivity contribution is 5.77. The van der Waals surface area contributed by atoms with Crippen molar-refractivity contribution in [2.24, 2.45) is 5.92 Å². The Bertz CT molecular complexity index is 864. The van der Waals surface area contributed by atoms with E-state index in [1.54, 1.807) is 11.0 Å². The zero-order chi connectivity index (χ0) is 19.6. The smallest absolute Gasteiger partial charge is 0.410 e. The topological polar surface area (TPSA) is 108 Å². The summed E-state index contributed by atoms with van der Waals surface area (Å²) in [6.45, 7) is 7.14. The molecule has 27 heavy (non-hydrogen) atoms. The van der Waals surface area contributed by atoms with Crippen LogP contribution in [0, 0.1) is 16.0 Å². The van der Waals surface area contributed by atoms with Crippen LogP contribution in [0.25, 0.3) is 11.0 Å². The molecule has 144 valence electrons. The van der Waals surface area contributed by atoms with Gasteiger partial charge in [-0.15, -0.1) is 0 Å². The van der Waals surface area contributed by atoms with Crippen molar-refractivity contribution in [3.63, 3.8) is 0 Å². The Morgan fingerprint density at radius 3 is 2.85 bits per heavy atom. The Hall–Kier alpha value is -2.97. The first-order valence-corrected chi connectivity index (χ1v) is 8.73. The maximum Gasteiger partial charge on any atom is 0.410 e. The highest BCUT2D eigenvalue weighted by Crippen LogP contribution is 2.22. The number of nitro groups is 1. The van der Waals surface area contributed by atoms with E-state index in [-0.39, 0.29) is 17.7 Å². The van der Waals surface area contributed by atoms with Gasteiger partial charge in [-0.3, -0.25) is 10.1 Å². The molecule has 0 radical (unpaired) electrons. The normalized spacial score (nSPS) is 17.1. The molecule has 2 heterocycles. The lowest BCUT2D eigenvalue weighted by Crippen LogP contribution is -2.35. The largest absolute Gasteiger partial charge is 0.476 e. The average molecular weight is 374 g/mol. The second kappa shape index (κ2) is 7.34. The zero-order valence-electron chi connectivity index (χ0n) is 15.5. The molecule has 0 bridgehead atoms. The van der Waals surface area contributed by atoms with E-state index in [0.717, 1.165) is 6.42 Å². The third-order valence-electron chi connectivity index (χ3n) is 4.12. The molecule has 9 nitrogen and oxygen atoms in total. The van der Waals surface area contributed by atoms with E-state index >= 15 is 0 Å². The first-order chi connectivity index (χ1) is 12.7. The summed E-state index contributed by atoms with van der Waals surface area (Å²) in [5, 5.41) is 10.8. The van der Waals surface area contributed by atoms with E-state index in [4.69, 9.17) is 9.47 Å². The number of carbonyl (C=O) groups excluding carboxylic acids is 1. The summed E-state index contributed by atoms with van der Waals surface area (Å²) < 4.78 is 11.1. The van der Waals surface area contributed by atoms with Crippen molar-refractivity contribution in [1.82, 2.24) is 14.9 Å². The van der Waals surface area contributed by atoms with Crippen molar-refractivity contribution < 1.29 is 19.2 Å². The van der Waals surface area contributed by atoms with Crippen molar-refractivity contribution in [3.05, 3.63) is 34.5 Å². The molecule has 0 saturated carbocycles. The zero-order valence-corrected chi connectivity index (χ0v) is 15.5. The van der Waals surface area contributed by atoms with E-state index in [2.05, 4.69) is 9.97 Å². The van der Waals surface area contributed by atoms with Crippen molar-refractivity contribution in [2.45, 2.75) is 32.8 Å². The maximum atomic E-state index is 12.1. The number of non-ortho nitro benzene ring substituents is 1. The number of nitrogens with zero attached hydrogens (tertiary/aromatic N) is 4. The van der Waals surface area contributed by atoms with Crippen LogP contribution in [0.4, 0.5) is 10.5 Å². The lowest BCUT2D eigenvalue weighted by molar-refractivity contribution is -0.384. The number of ether oxygens (including phenoxy) is 2. The fraction of sp³-hybridized carbons (Fsp3) is 0.500. The van der Waals surface area contributed by atoms with Gasteiger partial charge in [-0.25, -0.2) is 14.8 Å². The molecular weight excluding hydrogens is 352 g/mol. The minimum absolute atomic E-state index is 0.0290. The fourth-order valence-electron chi connectivity index (χ4n) is 2.83. The van der Waals surface area contributed by atoms with Crippen LogP contribution in [0.3, 0.4) is 0 Å². The summed E-state index contributed by atoms with van der Waals surface area (Å²) >= 11 is 0. The standard InChI is InChI=1S/C18H22N4O5/c1-18(2,3)27-17(23)21-7-6-12(10-21)11-26-16-9-19-15-8-13(22(24)25)4-5-14(15)20-16/h4-5,8-9,12H,6-7,10-11H2,1-3H3/t12-/m0/s1. The maximum absolute atomic E-state index is 12.1. The van der Waals surface area contributed by atoms with Gasteiger partial charge < -0.3 is 14.4 Å². The monoisotopic (exact) mass is 374 g/mol. The Morgan fingerprint density at radius 2 is 2.15 bits per heavy atom. The van der Waals surface area contributed by atoms with Crippen molar-refractivity contribution >= 4 is 22.8 Å². The van der Waals surface area contributed by atoms with E-state index in [9.17, 15) is 14.9 Å². The molecule has 1 fully saturated rings. The summed E-state index contributed by atoms with van der Waals surface area (Å²) in [4.78, 5) is 32.6. The van der Waals surface area contributed by atoms with E-state index < -0.39 is 10.5 Å². The van der Waals surface area contributed by atoms with Gasteiger partial charge >= 0.3 is 6.09 Å². The molecule has 0 aliphatic carbocycles. The van der Waals surface area contributed by atoms with Gasteiger partial charge in [0.2, 0.25) is 5.88 Å². The quantitative estimate of drug-likeness (QED) is 0.597. The molecule has 9 heteroatoms. The number of rotatable bonds is 4. The predicted molar refractivity (Wildman–Crippen MR) is 97.6 cm³/mol. The Balaban J connectivity index is 1.57. The SMILES string of the molecule is CC(C)(C)OC(=O)N1CC[C@H](COc2cnc3cc([N+](=O)[O-])ccc3n2)C1. The molecule has 1 aliphatic heterocycles. The number of nitro benzene ring substituents is 1. The third-order valence-corrected chi connectivity index (χ3v) is 4.12. The highest BCUT2D eigenvalue weighted by atomic mass is 16.6. The Kier molecular flexibility index (Phi) is 5.11. The van der Waals surface area contributed by atoms with Crippen LogP contribution in [0.15, 0.2) is 24.4 Å². The number of aromatic nitrogens is 2. The summed E-state index contributed by atoms with van der Waals surface area (Å²) in [6, 6.07) is 4.31. The molecule has 1 aromatic carbocycles. The molecule has 1 atom stereocenters. The number of carbonyl (C=O) groups is 1. The van der Waals surface area contributed by atoms with Gasteiger partial charge in [-0.05, 0) is 33.3 Å². The van der Waals surface area contributed by atoms with Crippen LogP contribution in [0.1, 0.15) is 27.2 Å². The van der Waals surface area contributed by atoms with Crippen LogP contribution in [-0.2, 0) is 4.74 Å². The Labute approximate surface area is 156 Å². The van der Waals surface area contributed by atoms with Crippen molar-refractivity contribution in [2.75, 3.05) is 19.7 Å². The van der Waals surface area contributed by atoms with Gasteiger partial charge in [0.1, 0.15) is 5.60 Å².